The van der Waals surface area contributed by atoms with Crippen LogP contribution in [0.25, 0.3) is 0 Å². The minimum atomic E-state index is 0.0548. The number of carbonyl (C=O) groups excluding carboxylic acids is 1. The topological polar surface area (TPSA) is 55.1 Å². The van der Waals surface area contributed by atoms with Gasteiger partial charge >= 0.3 is 0 Å². The third kappa shape index (κ3) is 5.51. The van der Waals surface area contributed by atoms with Gasteiger partial charge in [-0.2, -0.15) is 11.8 Å². The molecule has 0 radical (unpaired) electrons. The van der Waals surface area contributed by atoms with Gasteiger partial charge in [-0.15, -0.1) is 0 Å². The number of rotatable bonds is 7. The lowest BCUT2D eigenvalue weighted by Crippen LogP contribution is -2.26. The predicted octanol–water partition coefficient (Wildman–Crippen LogP) is 1.73. The Labute approximate surface area is 118 Å². The standard InChI is InChI=1S/C13H18N2OS2/c1-18-8-2-7-15-12(16)9-10-3-5-11(6-4-10)13(14)17/h3-6H,2,7-9H2,1H3,(H2,14,17)(H,15,16). The molecule has 0 atom stereocenters. The number of amides is 1. The van der Waals surface area contributed by atoms with Gasteiger partial charge in [-0.25, -0.2) is 0 Å². The Bertz CT molecular complexity index is 404. The molecule has 1 amide bonds. The van der Waals surface area contributed by atoms with Crippen LogP contribution in [0.3, 0.4) is 0 Å². The highest BCUT2D eigenvalue weighted by Crippen LogP contribution is 2.05. The lowest BCUT2D eigenvalue weighted by atomic mass is 10.1. The molecule has 0 spiro atoms. The number of thiocarbonyl (C=S) groups is 1. The van der Waals surface area contributed by atoms with Gasteiger partial charge in [0.15, 0.2) is 0 Å². The zero-order chi connectivity index (χ0) is 13.4. The van der Waals surface area contributed by atoms with E-state index in [9.17, 15) is 4.79 Å². The minimum Gasteiger partial charge on any atom is -0.389 e. The largest absolute Gasteiger partial charge is 0.389 e. The number of carbonyl (C=O) groups is 1. The highest BCUT2D eigenvalue weighted by atomic mass is 32.2. The summed E-state index contributed by atoms with van der Waals surface area (Å²) in [5, 5.41) is 2.90. The Morgan fingerprint density at radius 2 is 2.06 bits per heavy atom. The van der Waals surface area contributed by atoms with E-state index in [1.807, 2.05) is 24.3 Å². The van der Waals surface area contributed by atoms with Crippen LogP contribution in [0.1, 0.15) is 17.5 Å². The summed E-state index contributed by atoms with van der Waals surface area (Å²) in [5.41, 5.74) is 7.31. The van der Waals surface area contributed by atoms with Crippen LogP contribution in [0.4, 0.5) is 0 Å². The summed E-state index contributed by atoms with van der Waals surface area (Å²) >= 11 is 6.66. The molecule has 18 heavy (non-hydrogen) atoms. The monoisotopic (exact) mass is 282 g/mol. The van der Waals surface area contributed by atoms with Crippen molar-refractivity contribution >= 4 is 34.9 Å². The molecule has 0 aliphatic carbocycles. The highest BCUT2D eigenvalue weighted by molar-refractivity contribution is 7.98. The molecular weight excluding hydrogens is 264 g/mol. The second-order valence-electron chi connectivity index (χ2n) is 3.93. The predicted molar refractivity (Wildman–Crippen MR) is 82.0 cm³/mol. The Morgan fingerprint density at radius 3 is 2.61 bits per heavy atom. The summed E-state index contributed by atoms with van der Waals surface area (Å²) in [6.07, 6.45) is 3.47. The van der Waals surface area contributed by atoms with Gasteiger partial charge in [-0.1, -0.05) is 36.5 Å². The van der Waals surface area contributed by atoms with Crippen LogP contribution in [0.15, 0.2) is 24.3 Å². The molecule has 3 nitrogen and oxygen atoms in total. The van der Waals surface area contributed by atoms with Crippen molar-refractivity contribution in [2.24, 2.45) is 5.73 Å². The van der Waals surface area contributed by atoms with Gasteiger partial charge in [0, 0.05) is 12.1 Å². The fourth-order valence-corrected chi connectivity index (χ4v) is 2.05. The number of hydrogen-bond donors (Lipinski definition) is 2. The average molecular weight is 282 g/mol. The molecule has 0 aliphatic heterocycles. The smallest absolute Gasteiger partial charge is 0.224 e. The third-order valence-electron chi connectivity index (χ3n) is 2.45. The fraction of sp³-hybridized carbons (Fsp3) is 0.385. The molecule has 0 heterocycles. The van der Waals surface area contributed by atoms with Crippen LogP contribution in [0.5, 0.6) is 0 Å². The van der Waals surface area contributed by atoms with Gasteiger partial charge in [0.2, 0.25) is 5.91 Å². The normalized spacial score (nSPS) is 10.1. The van der Waals surface area contributed by atoms with Crippen LogP contribution in [0.2, 0.25) is 0 Å². The second kappa shape index (κ2) is 8.11. The first-order valence-corrected chi connectivity index (χ1v) is 7.58. The van der Waals surface area contributed by atoms with Crippen molar-refractivity contribution < 1.29 is 4.79 Å². The zero-order valence-electron chi connectivity index (χ0n) is 10.4. The Hall–Kier alpha value is -1.07. The minimum absolute atomic E-state index is 0.0548. The van der Waals surface area contributed by atoms with Crippen LogP contribution < -0.4 is 11.1 Å². The van der Waals surface area contributed by atoms with Gasteiger partial charge in [0.05, 0.1) is 6.42 Å². The van der Waals surface area contributed by atoms with Crippen LogP contribution >= 0.6 is 24.0 Å². The van der Waals surface area contributed by atoms with Gasteiger partial charge < -0.3 is 11.1 Å². The van der Waals surface area contributed by atoms with E-state index in [1.54, 1.807) is 11.8 Å². The lowest BCUT2D eigenvalue weighted by molar-refractivity contribution is -0.120. The fourth-order valence-electron chi connectivity index (χ4n) is 1.48. The van der Waals surface area contributed by atoms with E-state index in [0.29, 0.717) is 11.4 Å². The third-order valence-corrected chi connectivity index (χ3v) is 3.38. The summed E-state index contributed by atoms with van der Waals surface area (Å²) in [4.78, 5) is 12.0. The first-order valence-electron chi connectivity index (χ1n) is 5.78. The molecule has 98 valence electrons. The second-order valence-corrected chi connectivity index (χ2v) is 5.36. The molecule has 3 N–H and O–H groups in total. The molecule has 5 heteroatoms. The lowest BCUT2D eigenvalue weighted by Gasteiger charge is -2.05. The van der Waals surface area contributed by atoms with Crippen molar-refractivity contribution in [2.45, 2.75) is 12.8 Å². The molecule has 0 unspecified atom stereocenters. The van der Waals surface area contributed by atoms with Crippen molar-refractivity contribution in [1.29, 1.82) is 0 Å². The Balaban J connectivity index is 2.37. The van der Waals surface area contributed by atoms with Crippen LogP contribution in [-0.2, 0) is 11.2 Å². The molecule has 0 aromatic heterocycles. The van der Waals surface area contributed by atoms with Crippen molar-refractivity contribution in [3.8, 4) is 0 Å². The number of nitrogens with one attached hydrogen (secondary N) is 1. The van der Waals surface area contributed by atoms with E-state index in [1.165, 1.54) is 0 Å². The maximum Gasteiger partial charge on any atom is 0.224 e. The SMILES string of the molecule is CSCCCNC(=O)Cc1ccc(C(N)=S)cc1. The van der Waals surface area contributed by atoms with Crippen molar-refractivity contribution in [2.75, 3.05) is 18.6 Å². The maximum atomic E-state index is 11.6. The molecule has 0 bridgehead atoms. The average Bonchev–Trinajstić information content (AvgIpc) is 2.35. The summed E-state index contributed by atoms with van der Waals surface area (Å²) in [6, 6.07) is 7.46. The molecule has 1 aromatic rings. The molecule has 1 aromatic carbocycles. The maximum absolute atomic E-state index is 11.6. The van der Waals surface area contributed by atoms with Crippen LogP contribution in [-0.4, -0.2) is 29.4 Å². The number of thioether (sulfide) groups is 1. The van der Waals surface area contributed by atoms with Gasteiger partial charge in [0.1, 0.15) is 4.99 Å². The van der Waals surface area contributed by atoms with Crippen molar-refractivity contribution in [3.63, 3.8) is 0 Å². The zero-order valence-corrected chi connectivity index (χ0v) is 12.1. The van der Waals surface area contributed by atoms with Crippen LogP contribution in [0, 0.1) is 0 Å². The Morgan fingerprint density at radius 1 is 1.39 bits per heavy atom. The first-order chi connectivity index (χ1) is 8.63. The number of hydrogen-bond acceptors (Lipinski definition) is 3. The molecular formula is C13H18N2OS2. The van der Waals surface area contributed by atoms with Gasteiger partial charge in [0.25, 0.3) is 0 Å². The van der Waals surface area contributed by atoms with E-state index in [2.05, 4.69) is 11.6 Å². The Kier molecular flexibility index (Phi) is 6.75. The number of benzene rings is 1. The highest BCUT2D eigenvalue weighted by Gasteiger charge is 2.03. The van der Waals surface area contributed by atoms with E-state index < -0.39 is 0 Å². The first kappa shape index (κ1) is 15.0. The summed E-state index contributed by atoms with van der Waals surface area (Å²) < 4.78 is 0. The molecule has 0 saturated heterocycles. The molecule has 0 aliphatic rings. The van der Waals surface area contributed by atoms with E-state index in [4.69, 9.17) is 18.0 Å². The number of nitrogens with two attached hydrogens (primary N) is 1. The molecule has 0 fully saturated rings. The van der Waals surface area contributed by atoms with E-state index in [-0.39, 0.29) is 5.91 Å². The van der Waals surface area contributed by atoms with E-state index >= 15 is 0 Å². The molecule has 0 saturated carbocycles. The summed E-state index contributed by atoms with van der Waals surface area (Å²) in [6.45, 7) is 0.741. The van der Waals surface area contributed by atoms with Crippen molar-refractivity contribution in [3.05, 3.63) is 35.4 Å². The summed E-state index contributed by atoms with van der Waals surface area (Å²) in [5.74, 6) is 1.13. The van der Waals surface area contributed by atoms with Crippen molar-refractivity contribution in [1.82, 2.24) is 5.32 Å². The van der Waals surface area contributed by atoms with Gasteiger partial charge in [-0.05, 0) is 24.0 Å². The van der Waals surface area contributed by atoms with E-state index in [0.717, 1.165) is 29.8 Å². The molecule has 1 rings (SSSR count). The quantitative estimate of drug-likeness (QED) is 0.591. The summed E-state index contributed by atoms with van der Waals surface area (Å²) in [7, 11) is 0. The van der Waals surface area contributed by atoms with Gasteiger partial charge in [-0.3, -0.25) is 4.79 Å².